The van der Waals surface area contributed by atoms with Crippen molar-refractivity contribution in [1.29, 1.82) is 0 Å². The van der Waals surface area contributed by atoms with Crippen molar-refractivity contribution < 1.29 is 0 Å². The van der Waals surface area contributed by atoms with Crippen molar-refractivity contribution in [2.45, 2.75) is 46.0 Å². The second-order valence-corrected chi connectivity index (χ2v) is 4.66. The Bertz CT molecular complexity index is 491. The first-order valence-electron chi connectivity index (χ1n) is 6.52. The summed E-state index contributed by atoms with van der Waals surface area (Å²) in [4.78, 5) is 9.13. The van der Waals surface area contributed by atoms with E-state index >= 15 is 0 Å². The van der Waals surface area contributed by atoms with Crippen LogP contribution in [0.25, 0.3) is 11.0 Å². The lowest BCUT2D eigenvalue weighted by Gasteiger charge is -2.03. The molecule has 0 aliphatic heterocycles. The SMILES string of the molecule is CCCCCCc1cnc2ccc(C)cc2n1. The molecule has 0 atom stereocenters. The molecule has 1 heterocycles. The fourth-order valence-electron chi connectivity index (χ4n) is 2.01. The molecular formula is C15H20N2. The van der Waals surface area contributed by atoms with Gasteiger partial charge in [-0.2, -0.15) is 0 Å². The van der Waals surface area contributed by atoms with Gasteiger partial charge in [0.25, 0.3) is 0 Å². The number of fused-ring (bicyclic) bond motifs is 1. The Hall–Kier alpha value is -1.44. The molecule has 0 fully saturated rings. The normalized spacial score (nSPS) is 10.9. The molecule has 17 heavy (non-hydrogen) atoms. The summed E-state index contributed by atoms with van der Waals surface area (Å²) in [5.74, 6) is 0. The van der Waals surface area contributed by atoms with Crippen LogP contribution in [0, 0.1) is 6.92 Å². The van der Waals surface area contributed by atoms with Crippen LogP contribution < -0.4 is 0 Å². The summed E-state index contributed by atoms with van der Waals surface area (Å²) in [5, 5.41) is 0. The van der Waals surface area contributed by atoms with Gasteiger partial charge in [0.05, 0.1) is 16.7 Å². The molecule has 0 bridgehead atoms. The van der Waals surface area contributed by atoms with E-state index in [1.807, 2.05) is 12.3 Å². The van der Waals surface area contributed by atoms with Crippen LogP contribution in [0.3, 0.4) is 0 Å². The summed E-state index contributed by atoms with van der Waals surface area (Å²) in [7, 11) is 0. The predicted molar refractivity (Wildman–Crippen MR) is 72.1 cm³/mol. The number of aryl methyl sites for hydroxylation is 2. The summed E-state index contributed by atoms with van der Waals surface area (Å²) in [6.07, 6.45) is 8.09. The molecule has 2 rings (SSSR count). The molecule has 0 unspecified atom stereocenters. The zero-order valence-corrected chi connectivity index (χ0v) is 10.7. The second-order valence-electron chi connectivity index (χ2n) is 4.66. The summed E-state index contributed by atoms with van der Waals surface area (Å²) in [6.45, 7) is 4.33. The Morgan fingerprint density at radius 1 is 1.06 bits per heavy atom. The zero-order chi connectivity index (χ0) is 12.1. The molecule has 1 aromatic heterocycles. The van der Waals surface area contributed by atoms with Crippen LogP contribution in [-0.2, 0) is 6.42 Å². The maximum atomic E-state index is 4.67. The van der Waals surface area contributed by atoms with Crippen LogP contribution in [0.15, 0.2) is 24.4 Å². The third-order valence-corrected chi connectivity index (χ3v) is 3.03. The maximum absolute atomic E-state index is 4.67. The van der Waals surface area contributed by atoms with E-state index in [4.69, 9.17) is 0 Å². The van der Waals surface area contributed by atoms with Gasteiger partial charge >= 0.3 is 0 Å². The van der Waals surface area contributed by atoms with Gasteiger partial charge < -0.3 is 0 Å². The van der Waals surface area contributed by atoms with Crippen molar-refractivity contribution in [3.8, 4) is 0 Å². The van der Waals surface area contributed by atoms with Crippen molar-refractivity contribution in [3.05, 3.63) is 35.7 Å². The fraction of sp³-hybridized carbons (Fsp3) is 0.467. The van der Waals surface area contributed by atoms with Crippen LogP contribution in [0.1, 0.15) is 43.9 Å². The molecule has 0 spiro atoms. The molecule has 0 aliphatic carbocycles. The topological polar surface area (TPSA) is 25.8 Å². The van der Waals surface area contributed by atoms with Crippen LogP contribution in [0.2, 0.25) is 0 Å². The van der Waals surface area contributed by atoms with E-state index in [0.29, 0.717) is 0 Å². The first-order valence-corrected chi connectivity index (χ1v) is 6.52. The number of hydrogen-bond acceptors (Lipinski definition) is 2. The Morgan fingerprint density at radius 2 is 1.94 bits per heavy atom. The first-order chi connectivity index (χ1) is 8.29. The summed E-state index contributed by atoms with van der Waals surface area (Å²) in [6, 6.07) is 6.23. The molecule has 0 N–H and O–H groups in total. The number of benzene rings is 1. The van der Waals surface area contributed by atoms with Gasteiger partial charge in [-0.3, -0.25) is 4.98 Å². The average molecular weight is 228 g/mol. The molecule has 1 aromatic carbocycles. The number of rotatable bonds is 5. The highest BCUT2D eigenvalue weighted by atomic mass is 14.8. The monoisotopic (exact) mass is 228 g/mol. The quantitative estimate of drug-likeness (QED) is 0.721. The predicted octanol–water partition coefficient (Wildman–Crippen LogP) is 4.06. The van der Waals surface area contributed by atoms with Crippen molar-refractivity contribution >= 4 is 11.0 Å². The van der Waals surface area contributed by atoms with E-state index < -0.39 is 0 Å². The number of aromatic nitrogens is 2. The highest BCUT2D eigenvalue weighted by Crippen LogP contribution is 2.13. The van der Waals surface area contributed by atoms with Crippen LogP contribution in [-0.4, -0.2) is 9.97 Å². The van der Waals surface area contributed by atoms with Gasteiger partial charge in [-0.25, -0.2) is 4.98 Å². The van der Waals surface area contributed by atoms with Crippen LogP contribution in [0.4, 0.5) is 0 Å². The van der Waals surface area contributed by atoms with Gasteiger partial charge in [-0.15, -0.1) is 0 Å². The molecule has 0 aliphatic rings. The molecule has 90 valence electrons. The number of unbranched alkanes of at least 4 members (excludes halogenated alkanes) is 3. The molecule has 2 heteroatoms. The number of nitrogens with zero attached hydrogens (tertiary/aromatic N) is 2. The Labute approximate surface area is 103 Å². The smallest absolute Gasteiger partial charge is 0.0892 e. The summed E-state index contributed by atoms with van der Waals surface area (Å²) < 4.78 is 0. The van der Waals surface area contributed by atoms with Crippen molar-refractivity contribution in [2.75, 3.05) is 0 Å². The zero-order valence-electron chi connectivity index (χ0n) is 10.7. The lowest BCUT2D eigenvalue weighted by atomic mass is 10.1. The molecule has 0 amide bonds. The summed E-state index contributed by atoms with van der Waals surface area (Å²) in [5.41, 5.74) is 4.39. The van der Waals surface area contributed by atoms with E-state index in [0.717, 1.165) is 23.1 Å². The van der Waals surface area contributed by atoms with E-state index in [9.17, 15) is 0 Å². The van der Waals surface area contributed by atoms with Crippen molar-refractivity contribution in [1.82, 2.24) is 9.97 Å². The van der Waals surface area contributed by atoms with E-state index in [1.54, 1.807) is 0 Å². The number of hydrogen-bond donors (Lipinski definition) is 0. The Balaban J connectivity index is 2.08. The van der Waals surface area contributed by atoms with Crippen molar-refractivity contribution in [3.63, 3.8) is 0 Å². The first kappa shape index (κ1) is 12.0. The van der Waals surface area contributed by atoms with Crippen LogP contribution >= 0.6 is 0 Å². The minimum atomic E-state index is 0.993. The third-order valence-electron chi connectivity index (χ3n) is 3.03. The lowest BCUT2D eigenvalue weighted by Crippen LogP contribution is -1.94. The molecule has 0 saturated carbocycles. The van der Waals surface area contributed by atoms with Gasteiger partial charge in [0.2, 0.25) is 0 Å². The largest absolute Gasteiger partial charge is 0.253 e. The van der Waals surface area contributed by atoms with Gasteiger partial charge in [0.1, 0.15) is 0 Å². The highest BCUT2D eigenvalue weighted by molar-refractivity contribution is 5.74. The lowest BCUT2D eigenvalue weighted by molar-refractivity contribution is 0.660. The van der Waals surface area contributed by atoms with E-state index in [2.05, 4.69) is 35.9 Å². The average Bonchev–Trinajstić information content (AvgIpc) is 2.34. The van der Waals surface area contributed by atoms with Crippen molar-refractivity contribution in [2.24, 2.45) is 0 Å². The minimum absolute atomic E-state index is 0.993. The van der Waals surface area contributed by atoms with Gasteiger partial charge in [-0.1, -0.05) is 32.3 Å². The van der Waals surface area contributed by atoms with E-state index in [-0.39, 0.29) is 0 Å². The molecule has 2 aromatic rings. The molecule has 0 saturated heterocycles. The fourth-order valence-corrected chi connectivity index (χ4v) is 2.01. The van der Waals surface area contributed by atoms with E-state index in [1.165, 1.54) is 31.2 Å². The third kappa shape index (κ3) is 3.26. The van der Waals surface area contributed by atoms with Crippen LogP contribution in [0.5, 0.6) is 0 Å². The summed E-state index contributed by atoms with van der Waals surface area (Å²) >= 11 is 0. The molecule has 2 nitrogen and oxygen atoms in total. The Kier molecular flexibility index (Phi) is 4.08. The van der Waals surface area contributed by atoms with Gasteiger partial charge in [0.15, 0.2) is 0 Å². The Morgan fingerprint density at radius 3 is 2.76 bits per heavy atom. The molecule has 0 radical (unpaired) electrons. The highest BCUT2D eigenvalue weighted by Gasteiger charge is 2.00. The second kappa shape index (κ2) is 5.76. The minimum Gasteiger partial charge on any atom is -0.253 e. The van der Waals surface area contributed by atoms with Gasteiger partial charge in [0, 0.05) is 6.20 Å². The van der Waals surface area contributed by atoms with Gasteiger partial charge in [-0.05, 0) is 37.5 Å². The molecular weight excluding hydrogens is 208 g/mol. The standard InChI is InChI=1S/C15H20N2/c1-3-4-5-6-7-13-11-16-14-9-8-12(2)10-15(14)17-13/h8-11H,3-7H2,1-2H3. The maximum Gasteiger partial charge on any atom is 0.0892 e.